The first kappa shape index (κ1) is 19.7. The van der Waals surface area contributed by atoms with Crippen LogP contribution in [0.4, 0.5) is 0 Å². The van der Waals surface area contributed by atoms with Crippen LogP contribution in [-0.4, -0.2) is 49.4 Å². The Kier molecular flexibility index (Phi) is 6.58. The summed E-state index contributed by atoms with van der Waals surface area (Å²) in [5, 5.41) is 0. The standard InChI is InChI=1S/C20H26N2O4/c1-14-8-6-7-9-16(14)11-22(4)19(23)13-21(3)12-17-10-18(15(2)26-17)20(24)25-5/h6-10H,11-13H2,1-5H3. The predicted molar refractivity (Wildman–Crippen MR) is 98.8 cm³/mol. The SMILES string of the molecule is COC(=O)c1cc(CN(C)CC(=O)N(C)Cc2ccccc2C)oc1C. The van der Waals surface area contributed by atoms with Gasteiger partial charge in [-0.15, -0.1) is 0 Å². The molecule has 6 nitrogen and oxygen atoms in total. The Balaban J connectivity index is 1.92. The zero-order valence-corrected chi connectivity index (χ0v) is 16.0. The molecule has 0 saturated heterocycles. The van der Waals surface area contributed by atoms with Crippen LogP contribution in [0.2, 0.25) is 0 Å². The number of nitrogens with zero attached hydrogens (tertiary/aromatic N) is 2. The lowest BCUT2D eigenvalue weighted by molar-refractivity contribution is -0.131. The van der Waals surface area contributed by atoms with E-state index in [9.17, 15) is 9.59 Å². The molecule has 6 heteroatoms. The molecule has 0 spiro atoms. The highest BCUT2D eigenvalue weighted by molar-refractivity contribution is 5.90. The predicted octanol–water partition coefficient (Wildman–Crippen LogP) is 2.77. The fraction of sp³-hybridized carbons (Fsp3) is 0.400. The molecule has 26 heavy (non-hydrogen) atoms. The van der Waals surface area contributed by atoms with E-state index in [-0.39, 0.29) is 12.5 Å². The van der Waals surface area contributed by atoms with Crippen LogP contribution < -0.4 is 0 Å². The average Bonchev–Trinajstić information content (AvgIpc) is 2.96. The molecule has 0 radical (unpaired) electrons. The molecule has 1 aromatic heterocycles. The number of furan rings is 1. The summed E-state index contributed by atoms with van der Waals surface area (Å²) >= 11 is 0. The van der Waals surface area contributed by atoms with Crippen molar-refractivity contribution in [3.8, 4) is 0 Å². The number of carbonyl (C=O) groups excluding carboxylic acids is 2. The number of hydrogen-bond acceptors (Lipinski definition) is 5. The quantitative estimate of drug-likeness (QED) is 0.712. The number of ether oxygens (including phenoxy) is 1. The van der Waals surface area contributed by atoms with Gasteiger partial charge in [-0.1, -0.05) is 24.3 Å². The summed E-state index contributed by atoms with van der Waals surface area (Å²) in [6, 6.07) is 9.70. The lowest BCUT2D eigenvalue weighted by Gasteiger charge is -2.22. The van der Waals surface area contributed by atoms with Crippen LogP contribution in [0.15, 0.2) is 34.7 Å². The highest BCUT2D eigenvalue weighted by Crippen LogP contribution is 2.17. The van der Waals surface area contributed by atoms with Gasteiger partial charge in [-0.05, 0) is 38.1 Å². The maximum absolute atomic E-state index is 12.5. The van der Waals surface area contributed by atoms with Gasteiger partial charge in [-0.25, -0.2) is 4.79 Å². The highest BCUT2D eigenvalue weighted by Gasteiger charge is 2.18. The summed E-state index contributed by atoms with van der Waals surface area (Å²) in [4.78, 5) is 27.7. The van der Waals surface area contributed by atoms with Gasteiger partial charge in [0.25, 0.3) is 0 Å². The van der Waals surface area contributed by atoms with Crippen LogP contribution in [0.25, 0.3) is 0 Å². The molecule has 1 aromatic carbocycles. The van der Waals surface area contributed by atoms with E-state index in [0.717, 1.165) is 5.56 Å². The van der Waals surface area contributed by atoms with Gasteiger partial charge in [0.2, 0.25) is 5.91 Å². The number of esters is 1. The van der Waals surface area contributed by atoms with Crippen molar-refractivity contribution in [2.75, 3.05) is 27.7 Å². The topological polar surface area (TPSA) is 63.0 Å². The van der Waals surface area contributed by atoms with E-state index in [1.54, 1.807) is 24.9 Å². The molecule has 1 heterocycles. The van der Waals surface area contributed by atoms with Crippen LogP contribution >= 0.6 is 0 Å². The molecule has 0 saturated carbocycles. The monoisotopic (exact) mass is 358 g/mol. The normalized spacial score (nSPS) is 10.8. The van der Waals surface area contributed by atoms with Crippen LogP contribution in [0.3, 0.4) is 0 Å². The molecule has 0 aliphatic rings. The lowest BCUT2D eigenvalue weighted by atomic mass is 10.1. The van der Waals surface area contributed by atoms with E-state index < -0.39 is 5.97 Å². The molecule has 0 aliphatic carbocycles. The third-order valence-corrected chi connectivity index (χ3v) is 4.30. The third-order valence-electron chi connectivity index (χ3n) is 4.30. The summed E-state index contributed by atoms with van der Waals surface area (Å²) in [6.07, 6.45) is 0. The summed E-state index contributed by atoms with van der Waals surface area (Å²) in [6.45, 7) is 5.03. The van der Waals surface area contributed by atoms with E-state index in [0.29, 0.717) is 30.2 Å². The molecule has 0 N–H and O–H groups in total. The summed E-state index contributed by atoms with van der Waals surface area (Å²) < 4.78 is 10.3. The highest BCUT2D eigenvalue weighted by atomic mass is 16.5. The van der Waals surface area contributed by atoms with E-state index in [1.807, 2.05) is 43.1 Å². The average molecular weight is 358 g/mol. The van der Waals surface area contributed by atoms with Gasteiger partial charge in [0.05, 0.1) is 20.2 Å². The number of hydrogen-bond donors (Lipinski definition) is 0. The number of rotatable bonds is 7. The van der Waals surface area contributed by atoms with Crippen molar-refractivity contribution in [3.05, 3.63) is 58.5 Å². The number of benzene rings is 1. The molecule has 2 rings (SSSR count). The second-order valence-electron chi connectivity index (χ2n) is 6.52. The van der Waals surface area contributed by atoms with Crippen LogP contribution in [-0.2, 0) is 22.6 Å². The second kappa shape index (κ2) is 8.67. The number of methoxy groups -OCH3 is 1. The first-order valence-corrected chi connectivity index (χ1v) is 8.46. The first-order valence-electron chi connectivity index (χ1n) is 8.46. The third kappa shape index (κ3) is 4.95. The smallest absolute Gasteiger partial charge is 0.341 e. The van der Waals surface area contributed by atoms with Crippen molar-refractivity contribution in [3.63, 3.8) is 0 Å². The molecule has 140 valence electrons. The molecular weight excluding hydrogens is 332 g/mol. The number of amides is 1. The maximum atomic E-state index is 12.5. The molecule has 0 bridgehead atoms. The Morgan fingerprint density at radius 1 is 1.12 bits per heavy atom. The van der Waals surface area contributed by atoms with Crippen molar-refractivity contribution in [1.82, 2.24) is 9.80 Å². The van der Waals surface area contributed by atoms with Crippen molar-refractivity contribution < 1.29 is 18.7 Å². The number of likely N-dealkylation sites (N-methyl/N-ethyl adjacent to an activating group) is 2. The Morgan fingerprint density at radius 3 is 2.46 bits per heavy atom. The zero-order valence-electron chi connectivity index (χ0n) is 16.0. The molecular formula is C20H26N2O4. The van der Waals surface area contributed by atoms with Gasteiger partial charge in [-0.2, -0.15) is 0 Å². The van der Waals surface area contributed by atoms with Crippen LogP contribution in [0.1, 0.15) is 33.0 Å². The Morgan fingerprint density at radius 2 is 1.81 bits per heavy atom. The molecule has 0 unspecified atom stereocenters. The first-order chi connectivity index (χ1) is 12.3. The van der Waals surface area contributed by atoms with Gasteiger partial charge in [0.15, 0.2) is 0 Å². The summed E-state index contributed by atoms with van der Waals surface area (Å²) in [5.41, 5.74) is 2.72. The Hall–Kier alpha value is -2.60. The maximum Gasteiger partial charge on any atom is 0.341 e. The van der Waals surface area contributed by atoms with E-state index in [1.165, 1.54) is 12.7 Å². The van der Waals surface area contributed by atoms with E-state index in [2.05, 4.69) is 0 Å². The lowest BCUT2D eigenvalue weighted by Crippen LogP contribution is -2.36. The van der Waals surface area contributed by atoms with Crippen molar-refractivity contribution >= 4 is 11.9 Å². The van der Waals surface area contributed by atoms with Crippen molar-refractivity contribution in [2.24, 2.45) is 0 Å². The zero-order chi connectivity index (χ0) is 19.3. The van der Waals surface area contributed by atoms with E-state index in [4.69, 9.17) is 9.15 Å². The second-order valence-corrected chi connectivity index (χ2v) is 6.52. The number of aryl methyl sites for hydroxylation is 2. The summed E-state index contributed by atoms with van der Waals surface area (Å²) in [7, 11) is 4.98. The minimum Gasteiger partial charge on any atom is -0.465 e. The molecule has 0 aliphatic heterocycles. The Bertz CT molecular complexity index is 782. The molecule has 2 aromatic rings. The largest absolute Gasteiger partial charge is 0.465 e. The minimum atomic E-state index is -0.422. The fourth-order valence-corrected chi connectivity index (χ4v) is 2.74. The van der Waals surface area contributed by atoms with Crippen molar-refractivity contribution in [2.45, 2.75) is 26.9 Å². The van der Waals surface area contributed by atoms with Crippen LogP contribution in [0, 0.1) is 13.8 Å². The van der Waals surface area contributed by atoms with Crippen LogP contribution in [0.5, 0.6) is 0 Å². The summed E-state index contributed by atoms with van der Waals surface area (Å²) in [5.74, 6) is 0.740. The van der Waals surface area contributed by atoms with Gasteiger partial charge in [0.1, 0.15) is 17.1 Å². The fourth-order valence-electron chi connectivity index (χ4n) is 2.74. The van der Waals surface area contributed by atoms with Gasteiger partial charge in [0, 0.05) is 13.6 Å². The molecule has 0 atom stereocenters. The molecule has 0 fully saturated rings. The van der Waals surface area contributed by atoms with E-state index >= 15 is 0 Å². The minimum absolute atomic E-state index is 0.0206. The molecule has 1 amide bonds. The van der Waals surface area contributed by atoms with Gasteiger partial charge in [-0.3, -0.25) is 9.69 Å². The number of carbonyl (C=O) groups is 2. The van der Waals surface area contributed by atoms with Gasteiger partial charge >= 0.3 is 5.97 Å². The Labute approximate surface area is 154 Å². The van der Waals surface area contributed by atoms with Crippen molar-refractivity contribution in [1.29, 1.82) is 0 Å². The van der Waals surface area contributed by atoms with Gasteiger partial charge < -0.3 is 14.1 Å².